The first-order valence-electron chi connectivity index (χ1n) is 3.65. The molecule has 1 unspecified atom stereocenters. The van der Waals surface area contributed by atoms with Crippen molar-refractivity contribution in [3.05, 3.63) is 0 Å². The van der Waals surface area contributed by atoms with Crippen LogP contribution in [-0.2, 0) is 9.59 Å². The third-order valence-electron chi connectivity index (χ3n) is 2.26. The predicted octanol–water partition coefficient (Wildman–Crippen LogP) is -0.0489. The largest absolute Gasteiger partial charge is 0.342 e. The van der Waals surface area contributed by atoms with Gasteiger partial charge in [0.25, 0.3) is 0 Å². The molecule has 2 aliphatic rings. The number of ketones is 1. The molecule has 2 aliphatic heterocycles. The Morgan fingerprint density at radius 3 is 2.73 bits per heavy atom. The van der Waals surface area contributed by atoms with Gasteiger partial charge in [0.15, 0.2) is 5.78 Å². The summed E-state index contributed by atoms with van der Waals surface area (Å²) in [5.74, 6) is 1.76. The number of amides is 1. The van der Waals surface area contributed by atoms with Crippen LogP contribution in [0.15, 0.2) is 0 Å². The van der Waals surface area contributed by atoms with Gasteiger partial charge in [-0.15, -0.1) is 0 Å². The smallest absolute Gasteiger partial charge is 0.228 e. The van der Waals surface area contributed by atoms with Gasteiger partial charge in [0.05, 0.1) is 6.42 Å². The van der Waals surface area contributed by atoms with Crippen molar-refractivity contribution in [2.75, 3.05) is 11.5 Å². The van der Waals surface area contributed by atoms with Gasteiger partial charge < -0.3 is 5.32 Å². The van der Waals surface area contributed by atoms with Crippen molar-refractivity contribution < 1.29 is 9.59 Å². The molecular formula is C7H9NO2S. The third kappa shape index (κ3) is 0.965. The standard InChI is InChI=1S/C7H9NO2S/c9-5-3-6(10)8-7(5)1-2-11-4-7/h1-4H2,(H,8,10). The summed E-state index contributed by atoms with van der Waals surface area (Å²) in [6, 6.07) is 0. The molecule has 0 saturated carbocycles. The topological polar surface area (TPSA) is 46.2 Å². The zero-order valence-corrected chi connectivity index (χ0v) is 6.87. The number of rotatable bonds is 0. The summed E-state index contributed by atoms with van der Waals surface area (Å²) in [6.07, 6.45) is 0.919. The number of nitrogens with one attached hydrogen (secondary N) is 1. The van der Waals surface area contributed by atoms with Gasteiger partial charge in [-0.3, -0.25) is 9.59 Å². The SMILES string of the molecule is O=C1CC(=O)C2(CCSC2)N1. The molecule has 0 radical (unpaired) electrons. The van der Waals surface area contributed by atoms with Crippen LogP contribution in [0.3, 0.4) is 0 Å². The van der Waals surface area contributed by atoms with Crippen LogP contribution in [0.25, 0.3) is 0 Å². The molecule has 0 bridgehead atoms. The monoisotopic (exact) mass is 171 g/mol. The lowest BCUT2D eigenvalue weighted by molar-refractivity contribution is -0.123. The molecule has 60 valence electrons. The lowest BCUT2D eigenvalue weighted by Gasteiger charge is -2.18. The van der Waals surface area contributed by atoms with E-state index < -0.39 is 5.54 Å². The van der Waals surface area contributed by atoms with Gasteiger partial charge in [0.1, 0.15) is 5.54 Å². The molecule has 0 aliphatic carbocycles. The molecular weight excluding hydrogens is 162 g/mol. The van der Waals surface area contributed by atoms with Crippen LogP contribution in [0, 0.1) is 0 Å². The normalized spacial score (nSPS) is 36.7. The molecule has 1 amide bonds. The van der Waals surface area contributed by atoms with E-state index in [4.69, 9.17) is 0 Å². The lowest BCUT2D eigenvalue weighted by atomic mass is 9.96. The number of thioether (sulfide) groups is 1. The Hall–Kier alpha value is -0.510. The summed E-state index contributed by atoms with van der Waals surface area (Å²) in [5.41, 5.74) is -0.457. The number of hydrogen-bond acceptors (Lipinski definition) is 3. The van der Waals surface area contributed by atoms with E-state index >= 15 is 0 Å². The van der Waals surface area contributed by atoms with Crippen molar-refractivity contribution >= 4 is 23.5 Å². The van der Waals surface area contributed by atoms with E-state index in [9.17, 15) is 9.59 Å². The van der Waals surface area contributed by atoms with Gasteiger partial charge in [0, 0.05) is 5.75 Å². The molecule has 1 spiro atoms. The zero-order valence-electron chi connectivity index (χ0n) is 6.05. The second-order valence-corrected chi connectivity index (χ2v) is 4.14. The molecule has 2 rings (SSSR count). The van der Waals surface area contributed by atoms with Crippen LogP contribution in [-0.4, -0.2) is 28.7 Å². The maximum Gasteiger partial charge on any atom is 0.228 e. The number of carbonyl (C=O) groups excluding carboxylic acids is 2. The summed E-state index contributed by atoms with van der Waals surface area (Å²) in [7, 11) is 0. The minimum Gasteiger partial charge on any atom is -0.342 e. The molecule has 0 aromatic rings. The van der Waals surface area contributed by atoms with Crippen molar-refractivity contribution in [3.8, 4) is 0 Å². The van der Waals surface area contributed by atoms with Gasteiger partial charge in [0.2, 0.25) is 5.91 Å². The zero-order chi connectivity index (χ0) is 7.90. The molecule has 1 atom stereocenters. The Morgan fingerprint density at radius 1 is 1.45 bits per heavy atom. The Balaban J connectivity index is 2.24. The van der Waals surface area contributed by atoms with Gasteiger partial charge in [-0.2, -0.15) is 11.8 Å². The molecule has 1 N–H and O–H groups in total. The molecule has 3 nitrogen and oxygen atoms in total. The predicted molar refractivity (Wildman–Crippen MR) is 42.4 cm³/mol. The highest BCUT2D eigenvalue weighted by Gasteiger charge is 2.47. The fourth-order valence-corrected chi connectivity index (χ4v) is 2.94. The van der Waals surface area contributed by atoms with Gasteiger partial charge in [-0.1, -0.05) is 0 Å². The van der Waals surface area contributed by atoms with E-state index in [0.717, 1.165) is 17.9 Å². The Kier molecular flexibility index (Phi) is 1.45. The van der Waals surface area contributed by atoms with E-state index in [2.05, 4.69) is 5.32 Å². The molecule has 0 aromatic heterocycles. The van der Waals surface area contributed by atoms with Crippen molar-refractivity contribution in [1.82, 2.24) is 5.32 Å². The van der Waals surface area contributed by atoms with Crippen molar-refractivity contribution in [2.45, 2.75) is 18.4 Å². The van der Waals surface area contributed by atoms with Gasteiger partial charge >= 0.3 is 0 Å². The number of carbonyl (C=O) groups is 2. The lowest BCUT2D eigenvalue weighted by Crippen LogP contribution is -2.46. The van der Waals surface area contributed by atoms with Crippen molar-refractivity contribution in [1.29, 1.82) is 0 Å². The molecule has 2 fully saturated rings. The van der Waals surface area contributed by atoms with E-state index in [0.29, 0.717) is 0 Å². The first kappa shape index (κ1) is 7.16. The Bertz CT molecular complexity index is 220. The summed E-state index contributed by atoms with van der Waals surface area (Å²) in [4.78, 5) is 22.2. The van der Waals surface area contributed by atoms with Gasteiger partial charge in [-0.05, 0) is 12.2 Å². The Labute approximate surface area is 68.9 Å². The molecule has 2 heterocycles. The van der Waals surface area contributed by atoms with E-state index in [-0.39, 0.29) is 18.1 Å². The first-order valence-corrected chi connectivity index (χ1v) is 4.80. The van der Waals surface area contributed by atoms with Crippen molar-refractivity contribution in [3.63, 3.8) is 0 Å². The highest BCUT2D eigenvalue weighted by Crippen LogP contribution is 2.32. The van der Waals surface area contributed by atoms with Crippen LogP contribution in [0.5, 0.6) is 0 Å². The number of hydrogen-bond donors (Lipinski definition) is 1. The highest BCUT2D eigenvalue weighted by molar-refractivity contribution is 7.99. The minimum atomic E-state index is -0.457. The van der Waals surface area contributed by atoms with E-state index in [1.807, 2.05) is 0 Å². The average Bonchev–Trinajstić information content (AvgIpc) is 2.45. The molecule has 4 heteroatoms. The third-order valence-corrected chi connectivity index (χ3v) is 3.44. The van der Waals surface area contributed by atoms with Crippen molar-refractivity contribution in [2.24, 2.45) is 0 Å². The Morgan fingerprint density at radius 2 is 2.27 bits per heavy atom. The minimum absolute atomic E-state index is 0.0903. The first-order chi connectivity index (χ1) is 5.23. The van der Waals surface area contributed by atoms with Crippen LogP contribution in [0.1, 0.15) is 12.8 Å². The van der Waals surface area contributed by atoms with Crippen LogP contribution in [0.2, 0.25) is 0 Å². The molecule has 0 aromatic carbocycles. The number of Topliss-reactive ketones (excluding diaryl/α,β-unsaturated/α-hetero) is 1. The second kappa shape index (κ2) is 2.24. The van der Waals surface area contributed by atoms with Gasteiger partial charge in [-0.25, -0.2) is 0 Å². The van der Waals surface area contributed by atoms with Crippen LogP contribution in [0.4, 0.5) is 0 Å². The fourth-order valence-electron chi connectivity index (χ4n) is 1.58. The van der Waals surface area contributed by atoms with Crippen LogP contribution >= 0.6 is 11.8 Å². The fraction of sp³-hybridized carbons (Fsp3) is 0.714. The van der Waals surface area contributed by atoms with Crippen LogP contribution < -0.4 is 5.32 Å². The second-order valence-electron chi connectivity index (χ2n) is 3.03. The average molecular weight is 171 g/mol. The van der Waals surface area contributed by atoms with E-state index in [1.54, 1.807) is 11.8 Å². The maximum atomic E-state index is 11.3. The summed E-state index contributed by atoms with van der Waals surface area (Å²) in [6.45, 7) is 0. The highest BCUT2D eigenvalue weighted by atomic mass is 32.2. The quantitative estimate of drug-likeness (QED) is 0.520. The van der Waals surface area contributed by atoms with E-state index in [1.165, 1.54) is 0 Å². The maximum absolute atomic E-state index is 11.3. The summed E-state index contributed by atoms with van der Waals surface area (Å²) >= 11 is 1.74. The molecule has 11 heavy (non-hydrogen) atoms. The molecule has 2 saturated heterocycles. The summed E-state index contributed by atoms with van der Waals surface area (Å²) < 4.78 is 0. The summed E-state index contributed by atoms with van der Waals surface area (Å²) in [5, 5.41) is 2.77.